The fraction of sp³-hybridized carbons (Fsp3) is 0.143. The number of hydrogen-bond donors (Lipinski definition) is 0. The van der Waals surface area contributed by atoms with Gasteiger partial charge in [0, 0.05) is 0 Å². The molecule has 0 heterocycles. The van der Waals surface area contributed by atoms with Gasteiger partial charge in [0.25, 0.3) is 0 Å². The van der Waals surface area contributed by atoms with E-state index >= 15 is 0 Å². The number of methoxy groups -OCH3 is 1. The second kappa shape index (κ2) is 6.48. The van der Waals surface area contributed by atoms with Gasteiger partial charge in [-0.25, -0.2) is 0 Å². The lowest BCUT2D eigenvalue weighted by Crippen LogP contribution is -1.92. The molecule has 0 spiro atoms. The summed E-state index contributed by atoms with van der Waals surface area (Å²) in [6, 6.07) is 25.6. The average Bonchev–Trinajstić information content (AvgIpc) is 2.57. The van der Waals surface area contributed by atoms with E-state index in [0.717, 1.165) is 12.2 Å². The van der Waals surface area contributed by atoms with Crippen molar-refractivity contribution in [1.82, 2.24) is 0 Å². The van der Waals surface area contributed by atoms with Gasteiger partial charge in [0.1, 0.15) is 5.75 Å². The summed E-state index contributed by atoms with van der Waals surface area (Å²) in [4.78, 5) is 0. The highest BCUT2D eigenvalue weighted by Gasteiger charge is 2.05. The maximum atomic E-state index is 5.22. The van der Waals surface area contributed by atoms with Gasteiger partial charge in [-0.05, 0) is 47.7 Å². The highest BCUT2D eigenvalue weighted by atomic mass is 16.5. The summed E-state index contributed by atoms with van der Waals surface area (Å²) in [5, 5.41) is 0. The first-order valence-corrected chi connectivity index (χ1v) is 7.54. The maximum Gasteiger partial charge on any atom is 0.118 e. The van der Waals surface area contributed by atoms with Gasteiger partial charge in [-0.3, -0.25) is 0 Å². The minimum atomic E-state index is 0.899. The minimum Gasteiger partial charge on any atom is -0.497 e. The number of ether oxygens (including phenoxy) is 1. The molecule has 0 saturated heterocycles. The summed E-state index contributed by atoms with van der Waals surface area (Å²) in [6.45, 7) is 2.12. The van der Waals surface area contributed by atoms with Gasteiger partial charge in [-0.2, -0.15) is 0 Å². The molecule has 0 aliphatic carbocycles. The molecule has 0 unspecified atom stereocenters. The lowest BCUT2D eigenvalue weighted by Gasteiger charge is -2.11. The Morgan fingerprint density at radius 1 is 0.773 bits per heavy atom. The molecule has 1 heteroatoms. The SMILES string of the molecule is COc1ccc(Cc2ccccc2-c2ccc(C)cc2)cc1. The number of benzene rings is 3. The summed E-state index contributed by atoms with van der Waals surface area (Å²) in [6.07, 6.45) is 0.925. The first kappa shape index (κ1) is 14.4. The fourth-order valence-corrected chi connectivity index (χ4v) is 2.65. The van der Waals surface area contributed by atoms with Crippen LogP contribution in [-0.2, 0) is 6.42 Å². The molecule has 0 saturated carbocycles. The highest BCUT2D eigenvalue weighted by molar-refractivity contribution is 5.68. The summed E-state index contributed by atoms with van der Waals surface area (Å²) in [5.74, 6) is 0.899. The zero-order valence-corrected chi connectivity index (χ0v) is 13.0. The van der Waals surface area contributed by atoms with Crippen LogP contribution in [-0.4, -0.2) is 7.11 Å². The van der Waals surface area contributed by atoms with Gasteiger partial charge in [-0.1, -0.05) is 66.2 Å². The van der Waals surface area contributed by atoms with Gasteiger partial charge in [0.15, 0.2) is 0 Å². The summed E-state index contributed by atoms with van der Waals surface area (Å²) < 4.78 is 5.22. The van der Waals surface area contributed by atoms with Crippen LogP contribution in [0.25, 0.3) is 11.1 Å². The van der Waals surface area contributed by atoms with Crippen LogP contribution in [0.4, 0.5) is 0 Å². The number of rotatable bonds is 4. The van der Waals surface area contributed by atoms with Crippen LogP contribution in [0.2, 0.25) is 0 Å². The van der Waals surface area contributed by atoms with Gasteiger partial charge >= 0.3 is 0 Å². The van der Waals surface area contributed by atoms with Crippen molar-refractivity contribution in [1.29, 1.82) is 0 Å². The Kier molecular flexibility index (Phi) is 4.24. The molecule has 0 aromatic heterocycles. The van der Waals surface area contributed by atoms with E-state index in [1.54, 1.807) is 7.11 Å². The van der Waals surface area contributed by atoms with E-state index in [-0.39, 0.29) is 0 Å². The summed E-state index contributed by atoms with van der Waals surface area (Å²) in [5.41, 5.74) is 6.50. The van der Waals surface area contributed by atoms with Crippen LogP contribution in [0.15, 0.2) is 72.8 Å². The normalized spacial score (nSPS) is 10.5. The first-order chi connectivity index (χ1) is 10.8. The standard InChI is InChI=1S/C21H20O/c1-16-7-11-18(12-8-16)21-6-4-3-5-19(21)15-17-9-13-20(22-2)14-10-17/h3-14H,15H2,1-2H3. The van der Waals surface area contributed by atoms with Gasteiger partial charge in [-0.15, -0.1) is 0 Å². The molecule has 0 N–H and O–H groups in total. The monoisotopic (exact) mass is 288 g/mol. The lowest BCUT2D eigenvalue weighted by molar-refractivity contribution is 0.414. The molecule has 110 valence electrons. The Morgan fingerprint density at radius 3 is 2.14 bits per heavy atom. The highest BCUT2D eigenvalue weighted by Crippen LogP contribution is 2.26. The molecule has 0 amide bonds. The predicted molar refractivity (Wildman–Crippen MR) is 92.4 cm³/mol. The Balaban J connectivity index is 1.92. The van der Waals surface area contributed by atoms with Crippen LogP contribution < -0.4 is 4.74 Å². The molecule has 0 radical (unpaired) electrons. The van der Waals surface area contributed by atoms with Crippen LogP contribution in [0, 0.1) is 6.92 Å². The zero-order valence-electron chi connectivity index (χ0n) is 13.0. The third-order valence-corrected chi connectivity index (χ3v) is 3.93. The fourth-order valence-electron chi connectivity index (χ4n) is 2.65. The van der Waals surface area contributed by atoms with Crippen LogP contribution in [0.1, 0.15) is 16.7 Å². The minimum absolute atomic E-state index is 0.899. The largest absolute Gasteiger partial charge is 0.497 e. The number of aryl methyl sites for hydroxylation is 1. The van der Waals surface area contributed by atoms with E-state index in [2.05, 4.69) is 67.6 Å². The molecule has 0 atom stereocenters. The molecule has 3 aromatic carbocycles. The molecular formula is C21H20O. The van der Waals surface area contributed by atoms with Crippen molar-refractivity contribution in [2.75, 3.05) is 7.11 Å². The third kappa shape index (κ3) is 3.20. The molecule has 1 nitrogen and oxygen atoms in total. The molecular weight excluding hydrogens is 268 g/mol. The van der Waals surface area contributed by atoms with Gasteiger partial charge in [0.2, 0.25) is 0 Å². The summed E-state index contributed by atoms with van der Waals surface area (Å²) in [7, 11) is 1.70. The summed E-state index contributed by atoms with van der Waals surface area (Å²) >= 11 is 0. The molecule has 0 aliphatic heterocycles. The van der Waals surface area contributed by atoms with Crippen molar-refractivity contribution >= 4 is 0 Å². The van der Waals surface area contributed by atoms with Crippen molar-refractivity contribution in [3.05, 3.63) is 89.5 Å². The first-order valence-electron chi connectivity index (χ1n) is 7.54. The van der Waals surface area contributed by atoms with Crippen molar-refractivity contribution in [3.8, 4) is 16.9 Å². The topological polar surface area (TPSA) is 9.23 Å². The zero-order chi connectivity index (χ0) is 15.4. The van der Waals surface area contributed by atoms with Crippen molar-refractivity contribution < 1.29 is 4.74 Å². The van der Waals surface area contributed by atoms with Crippen molar-refractivity contribution in [2.24, 2.45) is 0 Å². The number of hydrogen-bond acceptors (Lipinski definition) is 1. The van der Waals surface area contributed by atoms with Crippen LogP contribution in [0.5, 0.6) is 5.75 Å². The lowest BCUT2D eigenvalue weighted by atomic mass is 9.94. The smallest absolute Gasteiger partial charge is 0.118 e. The van der Waals surface area contributed by atoms with Gasteiger partial charge < -0.3 is 4.74 Å². The van der Waals surface area contributed by atoms with E-state index in [0.29, 0.717) is 0 Å². The molecule has 3 aromatic rings. The molecule has 22 heavy (non-hydrogen) atoms. The van der Waals surface area contributed by atoms with Crippen LogP contribution in [0.3, 0.4) is 0 Å². The second-order valence-corrected chi connectivity index (χ2v) is 5.55. The van der Waals surface area contributed by atoms with E-state index in [4.69, 9.17) is 4.74 Å². The van der Waals surface area contributed by atoms with Gasteiger partial charge in [0.05, 0.1) is 7.11 Å². The Hall–Kier alpha value is -2.54. The quantitative estimate of drug-likeness (QED) is 0.636. The van der Waals surface area contributed by atoms with E-state index in [1.165, 1.54) is 27.8 Å². The maximum absolute atomic E-state index is 5.22. The predicted octanol–water partition coefficient (Wildman–Crippen LogP) is 5.26. The Morgan fingerprint density at radius 2 is 1.45 bits per heavy atom. The van der Waals surface area contributed by atoms with Crippen molar-refractivity contribution in [3.63, 3.8) is 0 Å². The van der Waals surface area contributed by atoms with E-state index in [1.807, 2.05) is 12.1 Å². The Labute approximate surface area is 132 Å². The Bertz CT molecular complexity index is 740. The molecule has 0 bridgehead atoms. The van der Waals surface area contributed by atoms with Crippen LogP contribution >= 0.6 is 0 Å². The molecule has 0 fully saturated rings. The average molecular weight is 288 g/mol. The van der Waals surface area contributed by atoms with E-state index < -0.39 is 0 Å². The second-order valence-electron chi connectivity index (χ2n) is 5.55. The molecule has 3 rings (SSSR count). The third-order valence-electron chi connectivity index (χ3n) is 3.93. The van der Waals surface area contributed by atoms with E-state index in [9.17, 15) is 0 Å². The molecule has 0 aliphatic rings. The van der Waals surface area contributed by atoms with Crippen molar-refractivity contribution in [2.45, 2.75) is 13.3 Å².